The Morgan fingerprint density at radius 2 is 2.12 bits per heavy atom. The van der Waals surface area contributed by atoms with E-state index in [9.17, 15) is 4.39 Å². The number of ether oxygens (including phenoxy) is 1. The summed E-state index contributed by atoms with van der Waals surface area (Å²) in [7, 11) is 0. The van der Waals surface area contributed by atoms with E-state index in [2.05, 4.69) is 27.8 Å². The first kappa shape index (κ1) is 12.8. The Labute approximate surface area is 110 Å². The lowest BCUT2D eigenvalue weighted by atomic mass is 10.3. The molecule has 1 aliphatic heterocycles. The zero-order valence-corrected chi connectivity index (χ0v) is 11.5. The van der Waals surface area contributed by atoms with Gasteiger partial charge in [-0.15, -0.1) is 0 Å². The SMILES string of the molecule is CC(COc1cc(F)ccc1Br)N1CCCC1. The summed E-state index contributed by atoms with van der Waals surface area (Å²) >= 11 is 3.36. The third-order valence-electron chi connectivity index (χ3n) is 3.14. The highest BCUT2D eigenvalue weighted by Gasteiger charge is 2.18. The van der Waals surface area contributed by atoms with Gasteiger partial charge in [-0.2, -0.15) is 0 Å². The summed E-state index contributed by atoms with van der Waals surface area (Å²) in [6, 6.07) is 4.89. The van der Waals surface area contributed by atoms with Crippen molar-refractivity contribution in [2.45, 2.75) is 25.8 Å². The quantitative estimate of drug-likeness (QED) is 0.844. The van der Waals surface area contributed by atoms with Crippen LogP contribution in [-0.2, 0) is 0 Å². The van der Waals surface area contributed by atoms with Gasteiger partial charge in [0.25, 0.3) is 0 Å². The van der Waals surface area contributed by atoms with E-state index < -0.39 is 0 Å². The van der Waals surface area contributed by atoms with Crippen LogP contribution in [0.4, 0.5) is 4.39 Å². The first-order valence-electron chi connectivity index (χ1n) is 5.99. The van der Waals surface area contributed by atoms with Gasteiger partial charge in [-0.25, -0.2) is 4.39 Å². The average Bonchev–Trinajstić information content (AvgIpc) is 2.83. The van der Waals surface area contributed by atoms with E-state index in [1.54, 1.807) is 6.07 Å². The first-order valence-corrected chi connectivity index (χ1v) is 6.78. The van der Waals surface area contributed by atoms with Gasteiger partial charge in [-0.05, 0) is 60.9 Å². The van der Waals surface area contributed by atoms with Gasteiger partial charge in [0.05, 0.1) is 4.47 Å². The van der Waals surface area contributed by atoms with Crippen molar-refractivity contribution >= 4 is 15.9 Å². The molecule has 0 aromatic heterocycles. The smallest absolute Gasteiger partial charge is 0.136 e. The van der Waals surface area contributed by atoms with E-state index >= 15 is 0 Å². The van der Waals surface area contributed by atoms with E-state index in [1.165, 1.54) is 25.0 Å². The van der Waals surface area contributed by atoms with Crippen LogP contribution in [0.1, 0.15) is 19.8 Å². The fraction of sp³-hybridized carbons (Fsp3) is 0.538. The molecule has 17 heavy (non-hydrogen) atoms. The summed E-state index contributed by atoms with van der Waals surface area (Å²) in [5, 5.41) is 0. The largest absolute Gasteiger partial charge is 0.491 e. The molecule has 0 amide bonds. The summed E-state index contributed by atoms with van der Waals surface area (Å²) in [5.74, 6) is 0.313. The van der Waals surface area contributed by atoms with Crippen LogP contribution in [0.5, 0.6) is 5.75 Å². The highest BCUT2D eigenvalue weighted by Crippen LogP contribution is 2.26. The fourth-order valence-corrected chi connectivity index (χ4v) is 2.45. The van der Waals surface area contributed by atoms with Gasteiger partial charge in [0.1, 0.15) is 18.2 Å². The minimum Gasteiger partial charge on any atom is -0.491 e. The maximum atomic E-state index is 13.1. The molecule has 94 valence electrons. The van der Waals surface area contributed by atoms with Gasteiger partial charge in [0.15, 0.2) is 0 Å². The van der Waals surface area contributed by atoms with Gasteiger partial charge >= 0.3 is 0 Å². The molecule has 4 heteroatoms. The number of halogens is 2. The number of hydrogen-bond donors (Lipinski definition) is 0. The Hall–Kier alpha value is -0.610. The maximum absolute atomic E-state index is 13.1. The number of likely N-dealkylation sites (tertiary alicyclic amines) is 1. The summed E-state index contributed by atoms with van der Waals surface area (Å²) in [5.41, 5.74) is 0. The molecular weight excluding hydrogens is 285 g/mol. The summed E-state index contributed by atoms with van der Waals surface area (Å²) in [4.78, 5) is 2.41. The molecule has 1 unspecified atom stereocenters. The molecule has 1 fully saturated rings. The van der Waals surface area contributed by atoms with E-state index in [0.29, 0.717) is 18.4 Å². The third-order valence-corrected chi connectivity index (χ3v) is 3.79. The maximum Gasteiger partial charge on any atom is 0.136 e. The molecule has 2 nitrogen and oxygen atoms in total. The van der Waals surface area contributed by atoms with Crippen LogP contribution >= 0.6 is 15.9 Å². The molecule has 1 saturated heterocycles. The number of nitrogens with zero attached hydrogens (tertiary/aromatic N) is 1. The van der Waals surface area contributed by atoms with Gasteiger partial charge in [-0.3, -0.25) is 4.90 Å². The number of rotatable bonds is 4. The zero-order chi connectivity index (χ0) is 12.3. The first-order chi connectivity index (χ1) is 8.16. The van der Waals surface area contributed by atoms with Crippen LogP contribution in [0, 0.1) is 5.82 Å². The van der Waals surface area contributed by atoms with Gasteiger partial charge in [-0.1, -0.05) is 0 Å². The van der Waals surface area contributed by atoms with Crippen molar-refractivity contribution in [3.8, 4) is 5.75 Å². The van der Waals surface area contributed by atoms with Crippen molar-refractivity contribution in [2.75, 3.05) is 19.7 Å². The van der Waals surface area contributed by atoms with E-state index in [4.69, 9.17) is 4.74 Å². The molecule has 1 heterocycles. The van der Waals surface area contributed by atoms with Crippen LogP contribution in [-0.4, -0.2) is 30.6 Å². The molecule has 1 aromatic rings. The molecule has 0 aliphatic carbocycles. The second-order valence-corrected chi connectivity index (χ2v) is 5.33. The normalized spacial score (nSPS) is 18.3. The van der Waals surface area contributed by atoms with Crippen LogP contribution in [0.2, 0.25) is 0 Å². The Kier molecular flexibility index (Phi) is 4.40. The third kappa shape index (κ3) is 3.42. The van der Waals surface area contributed by atoms with Crippen molar-refractivity contribution in [1.29, 1.82) is 0 Å². The van der Waals surface area contributed by atoms with Crippen molar-refractivity contribution in [1.82, 2.24) is 4.90 Å². The van der Waals surface area contributed by atoms with E-state index in [1.807, 2.05) is 0 Å². The van der Waals surface area contributed by atoms with Crippen molar-refractivity contribution in [2.24, 2.45) is 0 Å². The molecule has 1 atom stereocenters. The standard InChI is InChI=1S/C13H17BrFNO/c1-10(16-6-2-3-7-16)9-17-13-8-11(15)4-5-12(13)14/h4-5,8,10H,2-3,6-7,9H2,1H3. The van der Waals surface area contributed by atoms with Crippen molar-refractivity contribution in [3.05, 3.63) is 28.5 Å². The molecule has 0 radical (unpaired) electrons. The highest BCUT2D eigenvalue weighted by atomic mass is 79.9. The summed E-state index contributed by atoms with van der Waals surface area (Å²) in [6.07, 6.45) is 2.54. The van der Waals surface area contributed by atoms with Crippen molar-refractivity contribution < 1.29 is 9.13 Å². The lowest BCUT2D eigenvalue weighted by Gasteiger charge is -2.23. The van der Waals surface area contributed by atoms with Crippen LogP contribution in [0.3, 0.4) is 0 Å². The predicted molar refractivity (Wildman–Crippen MR) is 69.9 cm³/mol. The van der Waals surface area contributed by atoms with Crippen molar-refractivity contribution in [3.63, 3.8) is 0 Å². The molecule has 1 aromatic carbocycles. The lowest BCUT2D eigenvalue weighted by molar-refractivity contribution is 0.171. The number of hydrogen-bond acceptors (Lipinski definition) is 2. The van der Waals surface area contributed by atoms with E-state index in [-0.39, 0.29) is 5.82 Å². The molecule has 0 spiro atoms. The Morgan fingerprint density at radius 1 is 1.41 bits per heavy atom. The second kappa shape index (κ2) is 5.83. The zero-order valence-electron chi connectivity index (χ0n) is 9.96. The molecule has 0 bridgehead atoms. The Bertz CT molecular complexity index is 380. The van der Waals surface area contributed by atoms with Crippen LogP contribution < -0.4 is 4.74 Å². The van der Waals surface area contributed by atoms with E-state index in [0.717, 1.165) is 17.6 Å². The minimum absolute atomic E-state index is 0.267. The number of benzene rings is 1. The van der Waals surface area contributed by atoms with Crippen LogP contribution in [0.25, 0.3) is 0 Å². The molecule has 2 rings (SSSR count). The molecular formula is C13H17BrFNO. The fourth-order valence-electron chi connectivity index (χ4n) is 2.09. The Balaban J connectivity index is 1.90. The monoisotopic (exact) mass is 301 g/mol. The predicted octanol–water partition coefficient (Wildman–Crippen LogP) is 3.45. The second-order valence-electron chi connectivity index (χ2n) is 4.48. The molecule has 0 saturated carbocycles. The van der Waals surface area contributed by atoms with Gasteiger partial charge in [0, 0.05) is 12.1 Å². The molecule has 0 N–H and O–H groups in total. The van der Waals surface area contributed by atoms with Crippen LogP contribution in [0.15, 0.2) is 22.7 Å². The minimum atomic E-state index is -0.267. The summed E-state index contributed by atoms with van der Waals surface area (Å²) in [6.45, 7) is 5.05. The highest BCUT2D eigenvalue weighted by molar-refractivity contribution is 9.10. The Morgan fingerprint density at radius 3 is 2.82 bits per heavy atom. The molecule has 1 aliphatic rings. The topological polar surface area (TPSA) is 12.5 Å². The summed E-state index contributed by atoms with van der Waals surface area (Å²) < 4.78 is 19.5. The lowest BCUT2D eigenvalue weighted by Crippen LogP contribution is -2.34. The van der Waals surface area contributed by atoms with Gasteiger partial charge < -0.3 is 4.74 Å². The average molecular weight is 302 g/mol. The van der Waals surface area contributed by atoms with Gasteiger partial charge in [0.2, 0.25) is 0 Å².